The Balaban J connectivity index is 1.62. The molecule has 0 unspecified atom stereocenters. The van der Waals surface area contributed by atoms with E-state index < -0.39 is 0 Å². The van der Waals surface area contributed by atoms with Gasteiger partial charge in [-0.05, 0) is 29.8 Å². The van der Waals surface area contributed by atoms with Crippen LogP contribution < -0.4 is 15.5 Å². The lowest BCUT2D eigenvalue weighted by Gasteiger charge is -2.18. The van der Waals surface area contributed by atoms with Gasteiger partial charge >= 0.3 is 6.03 Å². The fourth-order valence-corrected chi connectivity index (χ4v) is 2.74. The average molecular weight is 352 g/mol. The monoisotopic (exact) mass is 352 g/mol. The molecule has 26 heavy (non-hydrogen) atoms. The van der Waals surface area contributed by atoms with Gasteiger partial charge in [0, 0.05) is 24.8 Å². The van der Waals surface area contributed by atoms with E-state index in [9.17, 15) is 14.4 Å². The molecule has 7 nitrogen and oxygen atoms in total. The van der Waals surface area contributed by atoms with Crippen molar-refractivity contribution in [3.63, 3.8) is 0 Å². The maximum absolute atomic E-state index is 12.5. The Labute approximate surface area is 151 Å². The number of carbonyl (C=O) groups is 3. The summed E-state index contributed by atoms with van der Waals surface area (Å²) in [4.78, 5) is 38.9. The van der Waals surface area contributed by atoms with Crippen molar-refractivity contribution in [1.29, 1.82) is 0 Å². The number of anilines is 1. The predicted molar refractivity (Wildman–Crippen MR) is 97.6 cm³/mol. The molecule has 3 rings (SSSR count). The third-order valence-corrected chi connectivity index (χ3v) is 4.17. The van der Waals surface area contributed by atoms with E-state index in [-0.39, 0.29) is 31.1 Å². The number of benzene rings is 2. The lowest BCUT2D eigenvalue weighted by atomic mass is 10.2. The minimum absolute atomic E-state index is 0.00876. The van der Waals surface area contributed by atoms with Gasteiger partial charge in [0.05, 0.1) is 6.67 Å². The van der Waals surface area contributed by atoms with Crippen LogP contribution in [0.5, 0.6) is 0 Å². The number of hydrogen-bond donors (Lipinski definition) is 2. The summed E-state index contributed by atoms with van der Waals surface area (Å²) in [6.45, 7) is 0.712. The van der Waals surface area contributed by atoms with Crippen LogP contribution in [0.2, 0.25) is 0 Å². The molecule has 1 fully saturated rings. The van der Waals surface area contributed by atoms with Gasteiger partial charge < -0.3 is 5.32 Å². The number of hydrogen-bond acceptors (Lipinski definition) is 4. The van der Waals surface area contributed by atoms with Crippen molar-refractivity contribution in [3.05, 3.63) is 65.7 Å². The Hall–Kier alpha value is -3.19. The predicted octanol–water partition coefficient (Wildman–Crippen LogP) is 1.56. The van der Waals surface area contributed by atoms with E-state index in [0.717, 1.165) is 5.56 Å². The molecule has 0 spiro atoms. The third-order valence-electron chi connectivity index (χ3n) is 4.17. The van der Waals surface area contributed by atoms with Crippen LogP contribution in [0.15, 0.2) is 54.6 Å². The van der Waals surface area contributed by atoms with Crippen LogP contribution >= 0.6 is 0 Å². The van der Waals surface area contributed by atoms with E-state index in [0.29, 0.717) is 17.8 Å². The lowest BCUT2D eigenvalue weighted by molar-refractivity contribution is -0.125. The van der Waals surface area contributed by atoms with E-state index in [1.165, 1.54) is 9.80 Å². The molecule has 2 aromatic rings. The van der Waals surface area contributed by atoms with Crippen molar-refractivity contribution in [2.24, 2.45) is 0 Å². The zero-order valence-corrected chi connectivity index (χ0v) is 14.4. The highest BCUT2D eigenvalue weighted by Crippen LogP contribution is 2.21. The Morgan fingerprint density at radius 2 is 1.73 bits per heavy atom. The molecule has 0 saturated carbocycles. The molecule has 0 radical (unpaired) electrons. The lowest BCUT2D eigenvalue weighted by Crippen LogP contribution is -2.39. The van der Waals surface area contributed by atoms with Gasteiger partial charge in [-0.3, -0.25) is 19.8 Å². The number of rotatable bonds is 6. The first-order valence-electron chi connectivity index (χ1n) is 8.29. The molecular formula is C19H20N4O3. The molecule has 1 aliphatic heterocycles. The van der Waals surface area contributed by atoms with Crippen LogP contribution in [0.4, 0.5) is 10.5 Å². The summed E-state index contributed by atoms with van der Waals surface area (Å²) >= 11 is 0. The minimum Gasteiger partial charge on any atom is -0.355 e. The van der Waals surface area contributed by atoms with Crippen LogP contribution in [0.3, 0.4) is 0 Å². The van der Waals surface area contributed by atoms with Crippen LogP contribution in [-0.2, 0) is 11.3 Å². The number of nitrogens with zero attached hydrogens (tertiary/aromatic N) is 2. The quantitative estimate of drug-likeness (QED) is 0.773. The summed E-state index contributed by atoms with van der Waals surface area (Å²) in [5.41, 5.74) is 2.16. The highest BCUT2D eigenvalue weighted by Gasteiger charge is 2.36. The molecule has 4 amide bonds. The highest BCUT2D eigenvalue weighted by atomic mass is 16.2. The van der Waals surface area contributed by atoms with Crippen LogP contribution in [-0.4, -0.2) is 43.0 Å². The molecule has 2 N–H and O–H groups in total. The third kappa shape index (κ3) is 3.73. The molecule has 0 bridgehead atoms. The molecule has 0 aromatic heterocycles. The Kier molecular flexibility index (Phi) is 5.28. The SMILES string of the molecule is CNC(=O)c1ccc(N2CC(=O)N(CNCc3ccccc3)C2=O)cc1. The first kappa shape index (κ1) is 17.6. The van der Waals surface area contributed by atoms with Crippen molar-refractivity contribution >= 4 is 23.5 Å². The van der Waals surface area contributed by atoms with E-state index in [2.05, 4.69) is 10.6 Å². The summed E-state index contributed by atoms with van der Waals surface area (Å²) in [5.74, 6) is -0.460. The van der Waals surface area contributed by atoms with Gasteiger partial charge in [0.15, 0.2) is 0 Å². The number of urea groups is 1. The number of imide groups is 1. The summed E-state index contributed by atoms with van der Waals surface area (Å²) in [6, 6.07) is 16.0. The number of carbonyl (C=O) groups excluding carboxylic acids is 3. The van der Waals surface area contributed by atoms with E-state index >= 15 is 0 Å². The summed E-state index contributed by atoms with van der Waals surface area (Å²) in [5, 5.41) is 5.65. The molecular weight excluding hydrogens is 332 g/mol. The van der Waals surface area contributed by atoms with Gasteiger partial charge in [-0.25, -0.2) is 9.69 Å². The molecule has 1 heterocycles. The van der Waals surface area contributed by atoms with E-state index in [1.807, 2.05) is 30.3 Å². The van der Waals surface area contributed by atoms with Crippen molar-refractivity contribution < 1.29 is 14.4 Å². The molecule has 7 heteroatoms. The fraction of sp³-hybridized carbons (Fsp3) is 0.211. The van der Waals surface area contributed by atoms with Crippen molar-refractivity contribution in [1.82, 2.24) is 15.5 Å². The van der Waals surface area contributed by atoms with Gasteiger partial charge in [-0.1, -0.05) is 30.3 Å². The first-order valence-corrected chi connectivity index (χ1v) is 8.29. The largest absolute Gasteiger partial charge is 0.355 e. The van der Waals surface area contributed by atoms with Crippen molar-refractivity contribution in [2.45, 2.75) is 6.54 Å². The van der Waals surface area contributed by atoms with Gasteiger partial charge in [0.1, 0.15) is 6.54 Å². The van der Waals surface area contributed by atoms with Crippen LogP contribution in [0.1, 0.15) is 15.9 Å². The van der Waals surface area contributed by atoms with Crippen LogP contribution in [0, 0.1) is 0 Å². The summed E-state index contributed by atoms with van der Waals surface area (Å²) in [7, 11) is 1.55. The second-order valence-corrected chi connectivity index (χ2v) is 5.89. The van der Waals surface area contributed by atoms with Gasteiger partial charge in [0.25, 0.3) is 11.8 Å². The van der Waals surface area contributed by atoms with Crippen LogP contribution in [0.25, 0.3) is 0 Å². The first-order chi connectivity index (χ1) is 12.6. The molecule has 134 valence electrons. The zero-order chi connectivity index (χ0) is 18.5. The van der Waals surface area contributed by atoms with Gasteiger partial charge in [-0.2, -0.15) is 0 Å². The molecule has 1 aliphatic rings. The summed E-state index contributed by atoms with van der Waals surface area (Å²) < 4.78 is 0. The topological polar surface area (TPSA) is 81.8 Å². The maximum atomic E-state index is 12.5. The van der Waals surface area contributed by atoms with Gasteiger partial charge in [-0.15, -0.1) is 0 Å². The molecule has 2 aromatic carbocycles. The number of amides is 4. The minimum atomic E-state index is -0.372. The van der Waals surface area contributed by atoms with Gasteiger partial charge in [0.2, 0.25) is 0 Å². The summed E-state index contributed by atoms with van der Waals surface area (Å²) in [6.07, 6.45) is 0. The van der Waals surface area contributed by atoms with E-state index in [1.54, 1.807) is 31.3 Å². The Bertz CT molecular complexity index is 805. The standard InChI is InChI=1S/C19H20N4O3/c1-20-18(25)15-7-9-16(10-8-15)22-12-17(24)23(19(22)26)13-21-11-14-5-3-2-4-6-14/h2-10,21H,11-13H2,1H3,(H,20,25). The highest BCUT2D eigenvalue weighted by molar-refractivity contribution is 6.12. The fourth-order valence-electron chi connectivity index (χ4n) is 2.74. The molecule has 1 saturated heterocycles. The number of nitrogens with one attached hydrogen (secondary N) is 2. The van der Waals surface area contributed by atoms with E-state index in [4.69, 9.17) is 0 Å². The molecule has 0 atom stereocenters. The zero-order valence-electron chi connectivity index (χ0n) is 14.4. The average Bonchev–Trinajstić information content (AvgIpc) is 2.96. The normalized spacial score (nSPS) is 14.0. The molecule has 0 aliphatic carbocycles. The second kappa shape index (κ2) is 7.79. The second-order valence-electron chi connectivity index (χ2n) is 5.89. The Morgan fingerprint density at radius 3 is 2.38 bits per heavy atom. The Morgan fingerprint density at radius 1 is 1.04 bits per heavy atom. The smallest absolute Gasteiger partial charge is 0.332 e. The van der Waals surface area contributed by atoms with Crippen molar-refractivity contribution in [2.75, 3.05) is 25.2 Å². The van der Waals surface area contributed by atoms with Crippen molar-refractivity contribution in [3.8, 4) is 0 Å². The maximum Gasteiger partial charge on any atom is 0.332 e.